The van der Waals surface area contributed by atoms with Crippen LogP contribution in [0, 0.1) is 0 Å². The molecule has 0 unspecified atom stereocenters. The van der Waals surface area contributed by atoms with Crippen molar-refractivity contribution in [1.29, 1.82) is 0 Å². The van der Waals surface area contributed by atoms with Crippen LogP contribution in [-0.2, 0) is 7.05 Å². The molecule has 17 heavy (non-hydrogen) atoms. The van der Waals surface area contributed by atoms with Gasteiger partial charge in [-0.1, -0.05) is 12.8 Å². The van der Waals surface area contributed by atoms with Crippen molar-refractivity contribution >= 4 is 6.03 Å². The van der Waals surface area contributed by atoms with Gasteiger partial charge in [-0.2, -0.15) is 0 Å². The molecular formula is C10H14N4O3. The number of nitrogens with zero attached hydrogens (tertiary/aromatic N) is 3. The fourth-order valence-corrected chi connectivity index (χ4v) is 2.82. The van der Waals surface area contributed by atoms with Gasteiger partial charge in [-0.25, -0.2) is 23.6 Å². The van der Waals surface area contributed by atoms with Crippen LogP contribution in [0.25, 0.3) is 0 Å². The number of amides is 1. The van der Waals surface area contributed by atoms with Crippen molar-refractivity contribution in [3.8, 4) is 0 Å². The number of hydrogen-bond donors (Lipinski definition) is 1. The molecule has 2 atom stereocenters. The molecule has 7 nitrogen and oxygen atoms in total. The molecule has 92 valence electrons. The number of rotatable bonds is 0. The monoisotopic (exact) mass is 238 g/mol. The first-order chi connectivity index (χ1) is 8.11. The van der Waals surface area contributed by atoms with Crippen LogP contribution in [0.5, 0.6) is 0 Å². The quantitative estimate of drug-likeness (QED) is 0.655. The summed E-state index contributed by atoms with van der Waals surface area (Å²) in [5.74, 6) is 0. The number of fused-ring (bicyclic) bond motifs is 3. The highest BCUT2D eigenvalue weighted by Crippen LogP contribution is 2.29. The maximum absolute atomic E-state index is 12.0. The predicted molar refractivity (Wildman–Crippen MR) is 59.2 cm³/mol. The summed E-state index contributed by atoms with van der Waals surface area (Å²) in [7, 11) is 1.40. The largest absolute Gasteiger partial charge is 0.355 e. The summed E-state index contributed by atoms with van der Waals surface area (Å²) in [5, 5.41) is 2.81. The normalized spacial score (nSPS) is 27.2. The van der Waals surface area contributed by atoms with E-state index in [1.54, 1.807) is 0 Å². The van der Waals surface area contributed by atoms with E-state index in [2.05, 4.69) is 5.32 Å². The number of carbonyl (C=O) groups excluding carboxylic acids is 1. The summed E-state index contributed by atoms with van der Waals surface area (Å²) >= 11 is 0. The van der Waals surface area contributed by atoms with Crippen molar-refractivity contribution in [2.75, 3.05) is 0 Å². The summed E-state index contributed by atoms with van der Waals surface area (Å²) < 4.78 is 3.23. The Morgan fingerprint density at radius 2 is 1.82 bits per heavy atom. The molecule has 3 rings (SSSR count). The molecule has 1 aliphatic carbocycles. The molecule has 0 aromatic carbocycles. The van der Waals surface area contributed by atoms with Gasteiger partial charge in [0.15, 0.2) is 0 Å². The molecule has 0 radical (unpaired) electrons. The molecular weight excluding hydrogens is 224 g/mol. The summed E-state index contributed by atoms with van der Waals surface area (Å²) in [6.45, 7) is 0. The van der Waals surface area contributed by atoms with Crippen LogP contribution in [0.2, 0.25) is 0 Å². The topological polar surface area (TPSA) is 78.0 Å². The fraction of sp³-hybridized carbons (Fsp3) is 0.700. The zero-order valence-electron chi connectivity index (χ0n) is 9.55. The zero-order chi connectivity index (χ0) is 12.2. The SMILES string of the molecule is Cn1c(=O)n2n(c1=O)[C@H]1CCCC[C@H]1NC2=O. The fourth-order valence-electron chi connectivity index (χ4n) is 2.82. The van der Waals surface area contributed by atoms with Gasteiger partial charge in [-0.15, -0.1) is 4.68 Å². The Kier molecular flexibility index (Phi) is 2.04. The summed E-state index contributed by atoms with van der Waals surface area (Å²) in [6.07, 6.45) is 3.76. The maximum atomic E-state index is 12.0. The van der Waals surface area contributed by atoms with E-state index in [0.717, 1.165) is 34.9 Å². The third kappa shape index (κ3) is 1.25. The molecule has 1 aromatic heterocycles. The second kappa shape index (κ2) is 3.35. The first-order valence-corrected chi connectivity index (χ1v) is 5.82. The van der Waals surface area contributed by atoms with Gasteiger partial charge in [-0.3, -0.25) is 0 Å². The van der Waals surface area contributed by atoms with E-state index in [4.69, 9.17) is 0 Å². The highest BCUT2D eigenvalue weighted by molar-refractivity contribution is 5.76. The van der Waals surface area contributed by atoms with E-state index in [0.29, 0.717) is 0 Å². The second-order valence-corrected chi connectivity index (χ2v) is 4.69. The third-order valence-corrected chi connectivity index (χ3v) is 3.71. The van der Waals surface area contributed by atoms with E-state index in [1.807, 2.05) is 0 Å². The van der Waals surface area contributed by atoms with Gasteiger partial charge < -0.3 is 5.32 Å². The van der Waals surface area contributed by atoms with E-state index >= 15 is 0 Å². The van der Waals surface area contributed by atoms with E-state index in [1.165, 1.54) is 11.7 Å². The molecule has 1 fully saturated rings. The van der Waals surface area contributed by atoms with Crippen molar-refractivity contribution in [3.05, 3.63) is 21.0 Å². The van der Waals surface area contributed by atoms with Gasteiger partial charge >= 0.3 is 17.4 Å². The second-order valence-electron chi connectivity index (χ2n) is 4.69. The van der Waals surface area contributed by atoms with Gasteiger partial charge in [0, 0.05) is 7.05 Å². The Hall–Kier alpha value is -1.79. The average molecular weight is 238 g/mol. The van der Waals surface area contributed by atoms with Crippen LogP contribution >= 0.6 is 0 Å². The minimum atomic E-state index is -0.573. The Bertz CT molecular complexity index is 594. The molecule has 2 heterocycles. The molecule has 1 aliphatic heterocycles. The molecule has 1 aromatic rings. The van der Waals surface area contributed by atoms with Crippen LogP contribution in [0.4, 0.5) is 4.79 Å². The van der Waals surface area contributed by atoms with Crippen LogP contribution in [0.15, 0.2) is 9.59 Å². The van der Waals surface area contributed by atoms with E-state index in [-0.39, 0.29) is 12.1 Å². The molecule has 2 aliphatic rings. The first kappa shape index (κ1) is 10.4. The number of aromatic nitrogens is 3. The predicted octanol–water partition coefficient (Wildman–Crippen LogP) is -0.597. The van der Waals surface area contributed by atoms with E-state index < -0.39 is 17.4 Å². The molecule has 0 spiro atoms. The Morgan fingerprint density at radius 1 is 1.12 bits per heavy atom. The minimum absolute atomic E-state index is 0.0178. The lowest BCUT2D eigenvalue weighted by Gasteiger charge is -2.36. The van der Waals surface area contributed by atoms with Gasteiger partial charge in [-0.05, 0) is 12.8 Å². The molecule has 1 saturated carbocycles. The Labute approximate surface area is 96.6 Å². The van der Waals surface area contributed by atoms with Crippen molar-refractivity contribution < 1.29 is 4.79 Å². The van der Waals surface area contributed by atoms with E-state index in [9.17, 15) is 14.4 Å². The summed E-state index contributed by atoms with van der Waals surface area (Å²) in [4.78, 5) is 35.5. The number of nitrogens with one attached hydrogen (secondary N) is 1. The Balaban J connectivity index is 2.26. The number of carbonyl (C=O) groups is 1. The van der Waals surface area contributed by atoms with Gasteiger partial charge in [0.2, 0.25) is 0 Å². The smallest absolute Gasteiger partial charge is 0.331 e. The third-order valence-electron chi connectivity index (χ3n) is 3.71. The lowest BCUT2D eigenvalue weighted by atomic mass is 9.90. The summed E-state index contributed by atoms with van der Waals surface area (Å²) in [6, 6.07) is -0.588. The molecule has 7 heteroatoms. The van der Waals surface area contributed by atoms with Crippen LogP contribution in [0.3, 0.4) is 0 Å². The zero-order valence-corrected chi connectivity index (χ0v) is 9.55. The highest BCUT2D eigenvalue weighted by atomic mass is 16.2. The molecule has 0 saturated heterocycles. The highest BCUT2D eigenvalue weighted by Gasteiger charge is 2.38. The Morgan fingerprint density at radius 3 is 2.59 bits per heavy atom. The van der Waals surface area contributed by atoms with Crippen molar-refractivity contribution in [2.24, 2.45) is 7.05 Å². The van der Waals surface area contributed by atoms with Crippen molar-refractivity contribution in [2.45, 2.75) is 37.8 Å². The van der Waals surface area contributed by atoms with Crippen LogP contribution in [0.1, 0.15) is 31.7 Å². The summed E-state index contributed by atoms with van der Waals surface area (Å²) in [5.41, 5.74) is -0.974. The van der Waals surface area contributed by atoms with Crippen molar-refractivity contribution in [1.82, 2.24) is 19.2 Å². The van der Waals surface area contributed by atoms with Gasteiger partial charge in [0.25, 0.3) is 0 Å². The maximum Gasteiger partial charge on any atom is 0.355 e. The minimum Gasteiger partial charge on any atom is -0.331 e. The van der Waals surface area contributed by atoms with Crippen LogP contribution < -0.4 is 16.7 Å². The van der Waals surface area contributed by atoms with Crippen LogP contribution in [-0.4, -0.2) is 26.0 Å². The molecule has 1 N–H and O–H groups in total. The molecule has 1 amide bonds. The molecule has 0 bridgehead atoms. The average Bonchev–Trinajstić information content (AvgIpc) is 2.55. The lowest BCUT2D eigenvalue weighted by molar-refractivity contribution is 0.171. The lowest BCUT2D eigenvalue weighted by Crippen LogP contribution is -2.56. The van der Waals surface area contributed by atoms with Crippen molar-refractivity contribution in [3.63, 3.8) is 0 Å². The number of hydrogen-bond acceptors (Lipinski definition) is 3. The first-order valence-electron chi connectivity index (χ1n) is 5.82. The van der Waals surface area contributed by atoms with Gasteiger partial charge in [0.1, 0.15) is 0 Å². The standard InChI is InChI=1S/C10H14N4O3/c1-12-9(16)13-7-5-3-2-4-6(7)11-8(15)14(13)10(12)17/h6-7H,2-5H2,1H3,(H,11,15)/t6-,7+/m1/s1. The van der Waals surface area contributed by atoms with Gasteiger partial charge in [0.05, 0.1) is 12.1 Å².